The van der Waals surface area contributed by atoms with Gasteiger partial charge in [-0.15, -0.1) is 0 Å². The molecule has 1 heterocycles. The van der Waals surface area contributed by atoms with Crippen LogP contribution in [0.25, 0.3) is 10.9 Å². The number of hydrogen-bond donors (Lipinski definition) is 0. The maximum atomic E-state index is 13.1. The van der Waals surface area contributed by atoms with Gasteiger partial charge in [0.1, 0.15) is 6.54 Å². The van der Waals surface area contributed by atoms with Gasteiger partial charge in [-0.05, 0) is 42.3 Å². The molecule has 152 valence electrons. The lowest BCUT2D eigenvalue weighted by molar-refractivity contribution is -0.143. The molecule has 0 atom stereocenters. The number of ether oxygens (including phenoxy) is 1. The summed E-state index contributed by atoms with van der Waals surface area (Å²) in [5, 5.41) is 1.65. The normalized spacial score (nSPS) is 11.0. The largest absolute Gasteiger partial charge is 0.465 e. The van der Waals surface area contributed by atoms with Gasteiger partial charge in [-0.2, -0.15) is 0 Å². The number of hydrogen-bond acceptors (Lipinski definition) is 4. The SMILES string of the molecule is CCOC(=O)Cn1c(=O)c2cc(CBr)ccc2n(Cc2ccc(Cl)c(Cl)c2)c1=O. The first-order valence-electron chi connectivity index (χ1n) is 8.77. The van der Waals surface area contributed by atoms with E-state index in [0.29, 0.717) is 26.3 Å². The number of rotatable bonds is 6. The molecule has 0 unspecified atom stereocenters. The zero-order valence-electron chi connectivity index (χ0n) is 15.5. The molecule has 0 bridgehead atoms. The second kappa shape index (κ2) is 9.15. The van der Waals surface area contributed by atoms with Crippen LogP contribution in [0.15, 0.2) is 46.0 Å². The molecule has 0 N–H and O–H groups in total. The van der Waals surface area contributed by atoms with Gasteiger partial charge in [0.2, 0.25) is 0 Å². The van der Waals surface area contributed by atoms with Gasteiger partial charge in [-0.3, -0.25) is 14.2 Å². The van der Waals surface area contributed by atoms with E-state index in [1.165, 1.54) is 4.57 Å². The summed E-state index contributed by atoms with van der Waals surface area (Å²) >= 11 is 15.4. The van der Waals surface area contributed by atoms with E-state index in [-0.39, 0.29) is 13.2 Å². The van der Waals surface area contributed by atoms with Crippen molar-refractivity contribution in [2.75, 3.05) is 6.61 Å². The fraction of sp³-hybridized carbons (Fsp3) is 0.250. The highest BCUT2D eigenvalue weighted by Gasteiger charge is 2.17. The molecule has 6 nitrogen and oxygen atoms in total. The first kappa shape index (κ1) is 21.6. The van der Waals surface area contributed by atoms with Crippen molar-refractivity contribution < 1.29 is 9.53 Å². The molecular weight excluding hydrogens is 483 g/mol. The summed E-state index contributed by atoms with van der Waals surface area (Å²) in [5.74, 6) is -0.649. The molecule has 0 amide bonds. The van der Waals surface area contributed by atoms with E-state index in [9.17, 15) is 14.4 Å². The summed E-state index contributed by atoms with van der Waals surface area (Å²) in [6, 6.07) is 10.3. The van der Waals surface area contributed by atoms with Crippen molar-refractivity contribution in [1.29, 1.82) is 0 Å². The second-order valence-electron chi connectivity index (χ2n) is 6.30. The number of nitrogens with zero attached hydrogens (tertiary/aromatic N) is 2. The van der Waals surface area contributed by atoms with Gasteiger partial charge in [0.05, 0.1) is 34.1 Å². The maximum Gasteiger partial charge on any atom is 0.332 e. The average Bonchev–Trinajstić information content (AvgIpc) is 2.71. The number of halogens is 3. The zero-order chi connectivity index (χ0) is 21.1. The van der Waals surface area contributed by atoms with Crippen LogP contribution < -0.4 is 11.2 Å². The van der Waals surface area contributed by atoms with Crippen LogP contribution in [0.3, 0.4) is 0 Å². The molecule has 3 aromatic rings. The Kier molecular flexibility index (Phi) is 6.82. The first-order chi connectivity index (χ1) is 13.8. The van der Waals surface area contributed by atoms with E-state index in [4.69, 9.17) is 27.9 Å². The van der Waals surface area contributed by atoms with Crippen LogP contribution in [0.5, 0.6) is 0 Å². The fourth-order valence-corrected chi connectivity index (χ4v) is 3.67. The Labute approximate surface area is 184 Å². The van der Waals surface area contributed by atoms with Crippen molar-refractivity contribution in [2.45, 2.75) is 25.3 Å². The van der Waals surface area contributed by atoms with Gasteiger partial charge >= 0.3 is 11.7 Å². The van der Waals surface area contributed by atoms with Gasteiger partial charge in [-0.25, -0.2) is 9.36 Å². The van der Waals surface area contributed by atoms with Gasteiger partial charge in [-0.1, -0.05) is 51.3 Å². The summed E-state index contributed by atoms with van der Waals surface area (Å²) in [5.41, 5.74) is 0.932. The minimum Gasteiger partial charge on any atom is -0.465 e. The molecule has 0 aliphatic rings. The van der Waals surface area contributed by atoms with Crippen molar-refractivity contribution in [3.63, 3.8) is 0 Å². The third-order valence-electron chi connectivity index (χ3n) is 4.36. The summed E-state index contributed by atoms with van der Waals surface area (Å²) < 4.78 is 7.25. The Morgan fingerprint density at radius 1 is 1.03 bits per heavy atom. The standard InChI is InChI=1S/C20H17BrCl2N2O4/c1-2-29-18(26)11-25-19(27)14-7-12(9-21)4-6-17(14)24(20(25)28)10-13-3-5-15(22)16(23)8-13/h3-8H,2,9-11H2,1H3. The lowest BCUT2D eigenvalue weighted by Gasteiger charge is -2.15. The number of carbonyl (C=O) groups is 1. The molecular formula is C20H17BrCl2N2O4. The Bertz CT molecular complexity index is 1200. The van der Waals surface area contributed by atoms with Crippen molar-refractivity contribution in [3.8, 4) is 0 Å². The quantitative estimate of drug-likeness (QED) is 0.380. The van der Waals surface area contributed by atoms with Gasteiger partial charge < -0.3 is 4.74 Å². The molecule has 29 heavy (non-hydrogen) atoms. The lowest BCUT2D eigenvalue weighted by Crippen LogP contribution is -2.42. The van der Waals surface area contributed by atoms with E-state index in [1.807, 2.05) is 6.07 Å². The van der Waals surface area contributed by atoms with E-state index >= 15 is 0 Å². The number of benzene rings is 2. The Morgan fingerprint density at radius 2 is 1.76 bits per heavy atom. The van der Waals surface area contributed by atoms with Crippen molar-refractivity contribution >= 4 is 56.0 Å². The molecule has 0 aliphatic carbocycles. The second-order valence-corrected chi connectivity index (χ2v) is 7.67. The maximum absolute atomic E-state index is 13.1. The highest BCUT2D eigenvalue weighted by molar-refractivity contribution is 9.08. The molecule has 2 aromatic carbocycles. The third-order valence-corrected chi connectivity index (χ3v) is 5.75. The molecule has 3 rings (SSSR count). The average molecular weight is 500 g/mol. The van der Waals surface area contributed by atoms with Crippen LogP contribution in [0, 0.1) is 0 Å². The topological polar surface area (TPSA) is 70.3 Å². The highest BCUT2D eigenvalue weighted by atomic mass is 79.9. The van der Waals surface area contributed by atoms with Crippen LogP contribution in [0.2, 0.25) is 10.0 Å². The lowest BCUT2D eigenvalue weighted by atomic mass is 10.1. The molecule has 0 fully saturated rings. The van der Waals surface area contributed by atoms with Crippen molar-refractivity contribution in [3.05, 3.63) is 78.4 Å². The fourth-order valence-electron chi connectivity index (χ4n) is 3.00. The third kappa shape index (κ3) is 4.57. The Hall–Kier alpha value is -2.09. The van der Waals surface area contributed by atoms with Crippen LogP contribution >= 0.6 is 39.1 Å². The number of carbonyl (C=O) groups excluding carboxylic acids is 1. The summed E-state index contributed by atoms with van der Waals surface area (Å²) in [4.78, 5) is 38.0. The minimum atomic E-state index is -0.649. The van der Waals surface area contributed by atoms with E-state index in [2.05, 4.69) is 15.9 Å². The smallest absolute Gasteiger partial charge is 0.332 e. The van der Waals surface area contributed by atoms with Gasteiger partial charge in [0.15, 0.2) is 0 Å². The number of aromatic nitrogens is 2. The van der Waals surface area contributed by atoms with Gasteiger partial charge in [0, 0.05) is 5.33 Å². The summed E-state index contributed by atoms with van der Waals surface area (Å²) in [6.07, 6.45) is 0. The number of alkyl halides is 1. The van der Waals surface area contributed by atoms with Crippen LogP contribution in [0.1, 0.15) is 18.1 Å². The van der Waals surface area contributed by atoms with Crippen LogP contribution in [-0.4, -0.2) is 21.7 Å². The minimum absolute atomic E-state index is 0.156. The molecule has 0 saturated heterocycles. The van der Waals surface area contributed by atoms with Crippen molar-refractivity contribution in [1.82, 2.24) is 9.13 Å². The van der Waals surface area contributed by atoms with E-state index in [0.717, 1.165) is 15.7 Å². The first-order valence-corrected chi connectivity index (χ1v) is 10.6. The van der Waals surface area contributed by atoms with Crippen LogP contribution in [-0.2, 0) is 28.0 Å². The molecule has 0 radical (unpaired) electrons. The van der Waals surface area contributed by atoms with E-state index < -0.39 is 23.8 Å². The predicted molar refractivity (Wildman–Crippen MR) is 117 cm³/mol. The number of fused-ring (bicyclic) bond motifs is 1. The molecule has 0 saturated carbocycles. The molecule has 0 aliphatic heterocycles. The van der Waals surface area contributed by atoms with E-state index in [1.54, 1.807) is 37.3 Å². The summed E-state index contributed by atoms with van der Waals surface area (Å²) in [6.45, 7) is 1.52. The number of esters is 1. The van der Waals surface area contributed by atoms with Crippen LogP contribution in [0.4, 0.5) is 0 Å². The summed E-state index contributed by atoms with van der Waals surface area (Å²) in [7, 11) is 0. The molecule has 0 spiro atoms. The predicted octanol–water partition coefficient (Wildman–Crippen LogP) is 3.98. The monoisotopic (exact) mass is 498 g/mol. The molecule has 9 heteroatoms. The Morgan fingerprint density at radius 3 is 2.41 bits per heavy atom. The van der Waals surface area contributed by atoms with Gasteiger partial charge in [0.25, 0.3) is 5.56 Å². The van der Waals surface area contributed by atoms with Crippen molar-refractivity contribution in [2.24, 2.45) is 0 Å². The highest BCUT2D eigenvalue weighted by Crippen LogP contribution is 2.23. The Balaban J connectivity index is 2.23. The zero-order valence-corrected chi connectivity index (χ0v) is 18.6. The molecule has 1 aromatic heterocycles.